The lowest BCUT2D eigenvalue weighted by molar-refractivity contribution is 0.312. The Hall–Kier alpha value is -2.03. The largest absolute Gasteiger partial charge is 0.355 e. The molecule has 2 aliphatic rings. The zero-order valence-electron chi connectivity index (χ0n) is 13.8. The fourth-order valence-corrected chi connectivity index (χ4v) is 3.64. The van der Waals surface area contributed by atoms with Gasteiger partial charge >= 0.3 is 0 Å². The van der Waals surface area contributed by atoms with E-state index in [1.165, 1.54) is 22.3 Å². The molecule has 0 atom stereocenters. The molecule has 24 heavy (non-hydrogen) atoms. The molecule has 2 aliphatic heterocycles. The zero-order valence-corrected chi connectivity index (χ0v) is 14.6. The number of anilines is 2. The van der Waals surface area contributed by atoms with Gasteiger partial charge in [-0.15, -0.1) is 0 Å². The molecule has 0 saturated carbocycles. The van der Waals surface area contributed by atoms with E-state index in [0.29, 0.717) is 0 Å². The fourth-order valence-electron chi connectivity index (χ4n) is 3.47. The Morgan fingerprint density at radius 1 is 1.12 bits per heavy atom. The van der Waals surface area contributed by atoms with Gasteiger partial charge in [0.25, 0.3) is 0 Å². The standard InChI is InChI=1S/C21H21ClN2/c1-2-24-11-9-15(10-12-24)18-13-16-5-3-4-6-20(16)23-21-8-7-17(22)14-19(18)21/h3-9,13-14,23H,2,10-12H2,1H3. The first kappa shape index (κ1) is 15.5. The van der Waals surface area contributed by atoms with Gasteiger partial charge in [0, 0.05) is 35.1 Å². The van der Waals surface area contributed by atoms with Gasteiger partial charge in [-0.3, -0.25) is 4.90 Å². The number of likely N-dealkylation sites (N-methyl/N-ethyl adjacent to an activating group) is 1. The maximum atomic E-state index is 6.31. The second kappa shape index (κ2) is 6.46. The molecule has 2 nitrogen and oxygen atoms in total. The van der Waals surface area contributed by atoms with Crippen LogP contribution < -0.4 is 5.32 Å². The van der Waals surface area contributed by atoms with Crippen molar-refractivity contribution in [3.05, 3.63) is 70.3 Å². The van der Waals surface area contributed by atoms with Crippen LogP contribution in [0.1, 0.15) is 24.5 Å². The van der Waals surface area contributed by atoms with Crippen LogP contribution in [0.15, 0.2) is 54.1 Å². The minimum absolute atomic E-state index is 0.777. The highest BCUT2D eigenvalue weighted by atomic mass is 35.5. The predicted molar refractivity (Wildman–Crippen MR) is 104 cm³/mol. The Bertz CT molecular complexity index is 835. The molecule has 0 bridgehead atoms. The van der Waals surface area contributed by atoms with Crippen LogP contribution in [0, 0.1) is 0 Å². The van der Waals surface area contributed by atoms with Crippen molar-refractivity contribution in [3.63, 3.8) is 0 Å². The Morgan fingerprint density at radius 2 is 2.00 bits per heavy atom. The summed E-state index contributed by atoms with van der Waals surface area (Å²) in [4.78, 5) is 2.46. The van der Waals surface area contributed by atoms with E-state index < -0.39 is 0 Å². The van der Waals surface area contributed by atoms with Crippen molar-refractivity contribution in [2.75, 3.05) is 25.0 Å². The molecule has 0 unspecified atom stereocenters. The Balaban J connectivity index is 1.86. The molecule has 2 aromatic carbocycles. The smallest absolute Gasteiger partial charge is 0.0465 e. The average molecular weight is 337 g/mol. The lowest BCUT2D eigenvalue weighted by Gasteiger charge is -2.26. The van der Waals surface area contributed by atoms with Crippen LogP contribution in [0.5, 0.6) is 0 Å². The van der Waals surface area contributed by atoms with Gasteiger partial charge in [0.1, 0.15) is 0 Å². The monoisotopic (exact) mass is 336 g/mol. The second-order valence-corrected chi connectivity index (χ2v) is 6.77. The lowest BCUT2D eigenvalue weighted by atomic mass is 9.91. The van der Waals surface area contributed by atoms with Crippen LogP contribution in [0.25, 0.3) is 11.6 Å². The third-order valence-electron chi connectivity index (χ3n) is 4.89. The minimum Gasteiger partial charge on any atom is -0.355 e. The molecule has 3 heteroatoms. The maximum Gasteiger partial charge on any atom is 0.0465 e. The first-order valence-corrected chi connectivity index (χ1v) is 8.92. The summed E-state index contributed by atoms with van der Waals surface area (Å²) in [5.41, 5.74) is 7.38. The number of allylic oxidation sites excluding steroid dienone is 1. The van der Waals surface area contributed by atoms with Crippen LogP contribution in [0.2, 0.25) is 5.02 Å². The Labute approximate surface area is 148 Å². The molecule has 1 N–H and O–H groups in total. The number of benzene rings is 2. The summed E-state index contributed by atoms with van der Waals surface area (Å²) < 4.78 is 0. The summed E-state index contributed by atoms with van der Waals surface area (Å²) in [7, 11) is 0. The lowest BCUT2D eigenvalue weighted by Crippen LogP contribution is -2.28. The van der Waals surface area contributed by atoms with Crippen molar-refractivity contribution >= 4 is 34.6 Å². The number of nitrogens with zero attached hydrogens (tertiary/aromatic N) is 1. The summed E-state index contributed by atoms with van der Waals surface area (Å²) in [6.45, 7) is 5.47. The highest BCUT2D eigenvalue weighted by Gasteiger charge is 2.20. The van der Waals surface area contributed by atoms with Gasteiger partial charge in [-0.1, -0.05) is 42.8 Å². The molecule has 122 valence electrons. The average Bonchev–Trinajstić information content (AvgIpc) is 2.78. The van der Waals surface area contributed by atoms with E-state index in [2.05, 4.69) is 65.7 Å². The Kier molecular flexibility index (Phi) is 4.17. The molecule has 0 fully saturated rings. The minimum atomic E-state index is 0.777. The number of para-hydroxylation sites is 1. The van der Waals surface area contributed by atoms with Gasteiger partial charge in [0.15, 0.2) is 0 Å². The summed E-state index contributed by atoms with van der Waals surface area (Å²) >= 11 is 6.31. The Morgan fingerprint density at radius 3 is 2.79 bits per heavy atom. The summed E-state index contributed by atoms with van der Waals surface area (Å²) in [6.07, 6.45) is 5.75. The van der Waals surface area contributed by atoms with Crippen LogP contribution >= 0.6 is 11.6 Å². The summed E-state index contributed by atoms with van der Waals surface area (Å²) in [6, 6.07) is 14.6. The van der Waals surface area contributed by atoms with E-state index in [-0.39, 0.29) is 0 Å². The summed E-state index contributed by atoms with van der Waals surface area (Å²) in [5, 5.41) is 4.35. The van der Waals surface area contributed by atoms with E-state index in [4.69, 9.17) is 11.6 Å². The number of hydrogen-bond acceptors (Lipinski definition) is 2. The van der Waals surface area contributed by atoms with Crippen molar-refractivity contribution in [1.82, 2.24) is 4.90 Å². The predicted octanol–water partition coefficient (Wildman–Crippen LogP) is 5.59. The van der Waals surface area contributed by atoms with Crippen LogP contribution in [0.4, 0.5) is 11.4 Å². The molecule has 0 spiro atoms. The third kappa shape index (κ3) is 2.88. The SMILES string of the molecule is CCN1CC=C(C2=Cc3ccccc3Nc3ccc(Cl)cc32)CC1. The number of rotatable bonds is 2. The maximum absolute atomic E-state index is 6.31. The van der Waals surface area contributed by atoms with Crippen LogP contribution in [-0.4, -0.2) is 24.5 Å². The van der Waals surface area contributed by atoms with E-state index in [0.717, 1.165) is 42.5 Å². The molecule has 0 radical (unpaired) electrons. The molecule has 4 rings (SSSR count). The fraction of sp³-hybridized carbons (Fsp3) is 0.238. The molecule has 0 aromatic heterocycles. The van der Waals surface area contributed by atoms with Gasteiger partial charge in [0.05, 0.1) is 0 Å². The topological polar surface area (TPSA) is 15.3 Å². The van der Waals surface area contributed by atoms with Gasteiger partial charge in [-0.2, -0.15) is 0 Å². The van der Waals surface area contributed by atoms with Gasteiger partial charge in [-0.25, -0.2) is 0 Å². The first-order chi connectivity index (χ1) is 11.7. The highest BCUT2D eigenvalue weighted by Crippen LogP contribution is 2.40. The van der Waals surface area contributed by atoms with E-state index in [9.17, 15) is 0 Å². The van der Waals surface area contributed by atoms with Crippen LogP contribution in [-0.2, 0) is 0 Å². The quantitative estimate of drug-likeness (QED) is 0.769. The highest BCUT2D eigenvalue weighted by molar-refractivity contribution is 6.31. The normalized spacial score (nSPS) is 17.1. The third-order valence-corrected chi connectivity index (χ3v) is 5.12. The molecule has 0 aliphatic carbocycles. The molecule has 2 aromatic rings. The van der Waals surface area contributed by atoms with Crippen molar-refractivity contribution in [1.29, 1.82) is 0 Å². The molecular formula is C21H21ClN2. The van der Waals surface area contributed by atoms with E-state index in [1.807, 2.05) is 6.07 Å². The van der Waals surface area contributed by atoms with Crippen molar-refractivity contribution in [3.8, 4) is 0 Å². The van der Waals surface area contributed by atoms with Gasteiger partial charge in [-0.05, 0) is 60.0 Å². The van der Waals surface area contributed by atoms with Crippen LogP contribution in [0.3, 0.4) is 0 Å². The van der Waals surface area contributed by atoms with Crippen molar-refractivity contribution in [2.24, 2.45) is 0 Å². The molecular weight excluding hydrogens is 316 g/mol. The first-order valence-electron chi connectivity index (χ1n) is 8.54. The van der Waals surface area contributed by atoms with Crippen molar-refractivity contribution in [2.45, 2.75) is 13.3 Å². The number of halogens is 1. The van der Waals surface area contributed by atoms with Crippen molar-refractivity contribution < 1.29 is 0 Å². The molecule has 0 amide bonds. The number of nitrogens with one attached hydrogen (secondary N) is 1. The second-order valence-electron chi connectivity index (χ2n) is 6.33. The molecule has 2 heterocycles. The zero-order chi connectivity index (χ0) is 16.5. The van der Waals surface area contributed by atoms with Gasteiger partial charge in [0.2, 0.25) is 0 Å². The van der Waals surface area contributed by atoms with Gasteiger partial charge < -0.3 is 5.32 Å². The number of fused-ring (bicyclic) bond motifs is 2. The number of hydrogen-bond donors (Lipinski definition) is 1. The summed E-state index contributed by atoms with van der Waals surface area (Å²) in [5.74, 6) is 0. The van der Waals surface area contributed by atoms with E-state index >= 15 is 0 Å². The van der Waals surface area contributed by atoms with E-state index in [1.54, 1.807) is 0 Å². The molecule has 0 saturated heterocycles.